The van der Waals surface area contributed by atoms with Gasteiger partial charge in [-0.05, 0) is 12.1 Å². The number of halogens is 6. The maximum atomic E-state index is 9.87. The van der Waals surface area contributed by atoms with Gasteiger partial charge in [-0.2, -0.15) is 0 Å². The van der Waals surface area contributed by atoms with Gasteiger partial charge in [-0.25, -0.2) is 0 Å². The second-order valence-corrected chi connectivity index (χ2v) is 5.18. The fraction of sp³-hybridized carbons (Fsp3) is 0. The minimum absolute atomic E-state index is 1.35. The molecule has 0 nitrogen and oxygen atoms in total. The maximum absolute atomic E-state index is 10.7. The third-order valence-electron chi connectivity index (χ3n) is 0.843. The molecule has 0 aliphatic heterocycles. The average Bonchev–Trinajstić information content (AvgIpc) is 1.81. The summed E-state index contributed by atoms with van der Waals surface area (Å²) < 4.78 is 59.2. The van der Waals surface area contributed by atoms with Gasteiger partial charge in [0.1, 0.15) is 0 Å². The van der Waals surface area contributed by atoms with E-state index in [0.717, 1.165) is 0 Å². The van der Waals surface area contributed by atoms with Crippen molar-refractivity contribution in [2.75, 3.05) is 0 Å². The van der Waals surface area contributed by atoms with E-state index in [1.54, 1.807) is 0 Å². The van der Waals surface area contributed by atoms with Crippen LogP contribution in [-0.4, -0.2) is 0 Å². The molecule has 1 rings (SSSR count). The molecule has 1 unspecified atom stereocenters. The second kappa shape index (κ2) is 3.35. The Morgan fingerprint density at radius 2 is 1.07 bits per heavy atom. The number of benzene rings is 1. The van der Waals surface area contributed by atoms with Gasteiger partial charge in [0.05, 0.1) is 5.30 Å². The van der Waals surface area contributed by atoms with Crippen LogP contribution in [-0.2, 0) is 0 Å². The van der Waals surface area contributed by atoms with E-state index in [4.69, 9.17) is 0 Å². The van der Waals surface area contributed by atoms with Crippen LogP contribution >= 0.6 is 17.0 Å². The fourth-order valence-electron chi connectivity index (χ4n) is 0.478. The minimum atomic E-state index is -10.7. The van der Waals surface area contributed by atoms with Crippen molar-refractivity contribution in [2.45, 2.75) is 0 Å². The zero-order valence-electron chi connectivity index (χ0n) is 6.81. The van der Waals surface area contributed by atoms with Crippen LogP contribution < -0.4 is 5.30 Å². The molecule has 8 heteroatoms. The molecule has 1 atom stereocenters. The van der Waals surface area contributed by atoms with Crippen molar-refractivity contribution < 1.29 is 25.2 Å². The molecule has 0 fully saturated rings. The van der Waals surface area contributed by atoms with Crippen molar-refractivity contribution in [1.82, 2.24) is 0 Å². The molecule has 14 heavy (non-hydrogen) atoms. The Labute approximate surface area is 78.7 Å². The van der Waals surface area contributed by atoms with Gasteiger partial charge in [0.2, 0.25) is 0 Å². The first kappa shape index (κ1) is 13.7. The Kier molecular flexibility index (Phi) is 3.27. The molecule has 0 amide bonds. The molecule has 0 aliphatic rings. The van der Waals surface area contributed by atoms with Crippen molar-refractivity contribution in [3.8, 4) is 0 Å². The Balaban J connectivity index is 0.000000241. The van der Waals surface area contributed by atoms with Crippen LogP contribution in [0.15, 0.2) is 30.3 Å². The summed E-state index contributed by atoms with van der Waals surface area (Å²) >= 11 is 0. The third kappa shape index (κ3) is 22.6. The largest absolute Gasteiger partial charge is 0.0865 e. The monoisotopic (exact) mass is 256 g/mol. The first-order chi connectivity index (χ1) is 5.84. The zero-order valence-corrected chi connectivity index (χ0v) is 9.12. The van der Waals surface area contributed by atoms with Crippen LogP contribution in [0, 0.1) is 0 Å². The zero-order chi connectivity index (χ0) is 11.5. The van der Waals surface area contributed by atoms with Gasteiger partial charge in [0, 0.05) is 9.24 Å². The normalized spacial score (nSPS) is 16.1. The number of hydrogen-bond acceptors (Lipinski definition) is 0. The number of hydrogen-bond donors (Lipinski definition) is 0. The Hall–Kier alpha value is -0.340. The predicted octanol–water partition coefficient (Wildman–Crippen LogP) is 4.30. The summed E-state index contributed by atoms with van der Waals surface area (Å²) in [6.07, 6.45) is 0. The van der Waals surface area contributed by atoms with E-state index in [9.17, 15) is 25.2 Å². The van der Waals surface area contributed by atoms with Gasteiger partial charge in [-0.1, -0.05) is 18.2 Å². The Morgan fingerprint density at radius 1 is 0.786 bits per heavy atom. The van der Waals surface area contributed by atoms with Crippen LogP contribution in [0.5, 0.6) is 0 Å². The summed E-state index contributed by atoms with van der Waals surface area (Å²) in [5.41, 5.74) is 0. The van der Waals surface area contributed by atoms with Crippen molar-refractivity contribution in [1.29, 1.82) is 0 Å². The van der Waals surface area contributed by atoms with Crippen molar-refractivity contribution >= 4 is 22.4 Å². The molecule has 0 bridgehead atoms. The Morgan fingerprint density at radius 3 is 1.21 bits per heavy atom. The molecular formula is C6H8F6P2. The summed E-state index contributed by atoms with van der Waals surface area (Å²) in [5, 5.41) is 1.35. The minimum Gasteiger partial charge on any atom is -0.0620 e. The quantitative estimate of drug-likeness (QED) is 0.479. The van der Waals surface area contributed by atoms with E-state index in [2.05, 4.69) is 12.1 Å². The second-order valence-electron chi connectivity index (χ2n) is 2.44. The molecule has 0 saturated carbocycles. The SMILES string of the molecule is F[P-](F)(F)(F)(F)F.[PH3+]c1ccccc1. The smallest absolute Gasteiger partial charge is 0.0620 e. The standard InChI is InChI=1S/C6H7P.F6P/c7-6-4-2-1-3-5-6;1-7(2,3,4,5)6/h1-5H,7H2;/q;-1/p+1. The van der Waals surface area contributed by atoms with E-state index >= 15 is 0 Å². The van der Waals surface area contributed by atoms with Crippen LogP contribution in [0.3, 0.4) is 0 Å². The molecule has 0 heterocycles. The third-order valence-corrected chi connectivity index (χ3v) is 1.31. The van der Waals surface area contributed by atoms with Crippen LogP contribution in [0.1, 0.15) is 0 Å². The first-order valence-electron chi connectivity index (χ1n) is 3.28. The summed E-state index contributed by atoms with van der Waals surface area (Å²) in [7, 11) is -8.76. The van der Waals surface area contributed by atoms with Crippen LogP contribution in [0.25, 0.3) is 0 Å². The molecular weight excluding hydrogens is 248 g/mol. The Bertz CT molecular complexity index is 276. The number of rotatable bonds is 0. The van der Waals surface area contributed by atoms with Crippen molar-refractivity contribution in [2.24, 2.45) is 0 Å². The van der Waals surface area contributed by atoms with Crippen molar-refractivity contribution in [3.63, 3.8) is 0 Å². The van der Waals surface area contributed by atoms with E-state index in [0.29, 0.717) is 0 Å². The molecule has 0 aromatic heterocycles. The molecule has 0 spiro atoms. The predicted molar refractivity (Wildman–Crippen MR) is 50.7 cm³/mol. The summed E-state index contributed by atoms with van der Waals surface area (Å²) in [5.74, 6) is 0. The van der Waals surface area contributed by atoms with E-state index in [1.165, 1.54) is 5.30 Å². The molecule has 1 aromatic rings. The van der Waals surface area contributed by atoms with E-state index in [1.807, 2.05) is 27.4 Å². The molecule has 1 aromatic carbocycles. The summed E-state index contributed by atoms with van der Waals surface area (Å²) in [6.45, 7) is 0. The van der Waals surface area contributed by atoms with Gasteiger partial charge >= 0.3 is 33.0 Å². The topological polar surface area (TPSA) is 0 Å². The molecule has 84 valence electrons. The fourth-order valence-corrected chi connectivity index (χ4v) is 0.750. The molecule has 0 aliphatic carbocycles. The average molecular weight is 256 g/mol. The maximum Gasteiger partial charge on any atom is 0.0865 e. The molecule has 0 saturated heterocycles. The van der Waals surface area contributed by atoms with E-state index in [-0.39, 0.29) is 0 Å². The molecule has 0 radical (unpaired) electrons. The van der Waals surface area contributed by atoms with Gasteiger partial charge in [0.25, 0.3) is 0 Å². The van der Waals surface area contributed by atoms with Crippen LogP contribution in [0.2, 0.25) is 0 Å². The van der Waals surface area contributed by atoms with Crippen molar-refractivity contribution in [3.05, 3.63) is 30.3 Å². The first-order valence-corrected chi connectivity index (χ1v) is 6.01. The van der Waals surface area contributed by atoms with Gasteiger partial charge in [-0.3, -0.25) is 0 Å². The molecule has 0 N–H and O–H groups in total. The summed E-state index contributed by atoms with van der Waals surface area (Å²) in [6, 6.07) is 10.3. The van der Waals surface area contributed by atoms with Gasteiger partial charge < -0.3 is 0 Å². The van der Waals surface area contributed by atoms with Crippen LogP contribution in [0.4, 0.5) is 25.2 Å². The van der Waals surface area contributed by atoms with Gasteiger partial charge in [-0.15, -0.1) is 0 Å². The summed E-state index contributed by atoms with van der Waals surface area (Å²) in [4.78, 5) is 0. The van der Waals surface area contributed by atoms with Gasteiger partial charge in [0.15, 0.2) is 0 Å². The van der Waals surface area contributed by atoms with E-state index < -0.39 is 7.81 Å².